The molecule has 0 aliphatic carbocycles. The molecule has 0 amide bonds. The van der Waals surface area contributed by atoms with Crippen LogP contribution in [-0.2, 0) is 13.2 Å². The van der Waals surface area contributed by atoms with Gasteiger partial charge in [-0.1, -0.05) is 16.5 Å². The number of benzene rings is 1. The van der Waals surface area contributed by atoms with Gasteiger partial charge in [0.05, 0.1) is 37.0 Å². The molecule has 2 N–H and O–H groups in total. The average molecular weight is 272 g/mol. The fourth-order valence-electron chi connectivity index (χ4n) is 1.77. The van der Waals surface area contributed by atoms with Gasteiger partial charge < -0.3 is 10.2 Å². The summed E-state index contributed by atoms with van der Waals surface area (Å²) in [5, 5.41) is 33.5. The molecule has 0 atom stereocenters. The van der Waals surface area contributed by atoms with Crippen LogP contribution in [0.5, 0.6) is 0 Å². The van der Waals surface area contributed by atoms with Gasteiger partial charge in [0, 0.05) is 0 Å². The zero-order chi connectivity index (χ0) is 13.9. The standard InChI is InChI=1S/C12H12N6O2/c19-7-9-5-17(15-13-9)11-2-1-3-12(4-11)18-6-10(8-20)14-16-18/h1-6,19-20H,7-8H2. The minimum Gasteiger partial charge on any atom is -0.390 e. The van der Waals surface area contributed by atoms with E-state index in [0.29, 0.717) is 11.4 Å². The van der Waals surface area contributed by atoms with Gasteiger partial charge in [0.25, 0.3) is 0 Å². The quantitative estimate of drug-likeness (QED) is 0.684. The maximum Gasteiger partial charge on any atom is 0.109 e. The Bertz CT molecular complexity index is 663. The van der Waals surface area contributed by atoms with Crippen LogP contribution in [0.1, 0.15) is 11.4 Å². The molecule has 0 aliphatic heterocycles. The van der Waals surface area contributed by atoms with E-state index in [1.165, 1.54) is 0 Å². The second-order valence-electron chi connectivity index (χ2n) is 4.14. The van der Waals surface area contributed by atoms with Crippen molar-refractivity contribution in [2.24, 2.45) is 0 Å². The molecule has 0 fully saturated rings. The molecule has 0 radical (unpaired) electrons. The first kappa shape index (κ1) is 12.5. The molecule has 2 aromatic heterocycles. The minimum atomic E-state index is -0.150. The van der Waals surface area contributed by atoms with E-state index < -0.39 is 0 Å². The van der Waals surface area contributed by atoms with Crippen LogP contribution in [0, 0.1) is 0 Å². The highest BCUT2D eigenvalue weighted by Crippen LogP contribution is 2.13. The van der Waals surface area contributed by atoms with Crippen molar-refractivity contribution < 1.29 is 10.2 Å². The highest BCUT2D eigenvalue weighted by atomic mass is 16.3. The van der Waals surface area contributed by atoms with Crippen LogP contribution in [0.3, 0.4) is 0 Å². The third-order valence-electron chi connectivity index (χ3n) is 2.76. The number of hydrogen-bond donors (Lipinski definition) is 2. The lowest BCUT2D eigenvalue weighted by Crippen LogP contribution is -1.99. The normalized spacial score (nSPS) is 10.9. The number of aromatic nitrogens is 6. The number of rotatable bonds is 4. The van der Waals surface area contributed by atoms with Gasteiger partial charge in [-0.25, -0.2) is 9.36 Å². The van der Waals surface area contributed by atoms with Crippen molar-refractivity contribution in [3.05, 3.63) is 48.0 Å². The zero-order valence-electron chi connectivity index (χ0n) is 10.5. The van der Waals surface area contributed by atoms with Crippen molar-refractivity contribution in [1.29, 1.82) is 0 Å². The average Bonchev–Trinajstić information content (AvgIpc) is 3.16. The lowest BCUT2D eigenvalue weighted by atomic mass is 10.3. The number of aliphatic hydroxyl groups is 2. The van der Waals surface area contributed by atoms with Crippen LogP contribution >= 0.6 is 0 Å². The van der Waals surface area contributed by atoms with Gasteiger partial charge >= 0.3 is 0 Å². The van der Waals surface area contributed by atoms with E-state index in [1.54, 1.807) is 21.8 Å². The third kappa shape index (κ3) is 2.29. The van der Waals surface area contributed by atoms with Gasteiger partial charge in [0.1, 0.15) is 11.4 Å². The molecule has 0 saturated heterocycles. The van der Waals surface area contributed by atoms with Crippen LogP contribution in [0.15, 0.2) is 36.7 Å². The highest BCUT2D eigenvalue weighted by molar-refractivity contribution is 5.42. The molecule has 0 spiro atoms. The van der Waals surface area contributed by atoms with Crippen LogP contribution in [0.25, 0.3) is 11.4 Å². The molecule has 8 heteroatoms. The molecule has 8 nitrogen and oxygen atoms in total. The molecule has 0 saturated carbocycles. The first-order valence-corrected chi connectivity index (χ1v) is 5.95. The van der Waals surface area contributed by atoms with E-state index in [2.05, 4.69) is 20.6 Å². The molecule has 1 aromatic carbocycles. The van der Waals surface area contributed by atoms with Crippen molar-refractivity contribution in [2.75, 3.05) is 0 Å². The summed E-state index contributed by atoms with van der Waals surface area (Å²) in [4.78, 5) is 0. The SMILES string of the molecule is OCc1cn(-c2cccc(-n3cc(CO)nn3)c2)nn1. The summed E-state index contributed by atoms with van der Waals surface area (Å²) in [6.07, 6.45) is 3.30. The summed E-state index contributed by atoms with van der Waals surface area (Å²) in [5.41, 5.74) is 2.57. The molecule has 0 unspecified atom stereocenters. The van der Waals surface area contributed by atoms with Crippen LogP contribution in [-0.4, -0.2) is 40.2 Å². The topological polar surface area (TPSA) is 102 Å². The second kappa shape index (κ2) is 5.19. The minimum absolute atomic E-state index is 0.150. The Kier molecular flexibility index (Phi) is 3.23. The maximum atomic E-state index is 9.00. The summed E-state index contributed by atoms with van der Waals surface area (Å²) in [7, 11) is 0. The number of aliphatic hydroxyl groups excluding tert-OH is 2. The van der Waals surface area contributed by atoms with Crippen LogP contribution in [0.2, 0.25) is 0 Å². The van der Waals surface area contributed by atoms with Crippen molar-refractivity contribution in [1.82, 2.24) is 30.0 Å². The molecular formula is C12H12N6O2. The Hall–Kier alpha value is -2.58. The molecule has 0 aliphatic rings. The Morgan fingerprint density at radius 2 is 1.35 bits per heavy atom. The molecule has 20 heavy (non-hydrogen) atoms. The number of nitrogens with zero attached hydrogens (tertiary/aromatic N) is 6. The van der Waals surface area contributed by atoms with Crippen LogP contribution in [0.4, 0.5) is 0 Å². The van der Waals surface area contributed by atoms with E-state index in [9.17, 15) is 0 Å². The third-order valence-corrected chi connectivity index (χ3v) is 2.76. The summed E-state index contributed by atoms with van der Waals surface area (Å²) >= 11 is 0. The van der Waals surface area contributed by atoms with Crippen molar-refractivity contribution in [3.63, 3.8) is 0 Å². The first-order valence-electron chi connectivity index (χ1n) is 5.95. The monoisotopic (exact) mass is 272 g/mol. The lowest BCUT2D eigenvalue weighted by molar-refractivity contribution is 0.276. The maximum absolute atomic E-state index is 9.00. The lowest BCUT2D eigenvalue weighted by Gasteiger charge is -2.03. The summed E-state index contributed by atoms with van der Waals surface area (Å²) < 4.78 is 3.14. The summed E-state index contributed by atoms with van der Waals surface area (Å²) in [6.45, 7) is -0.300. The Morgan fingerprint density at radius 1 is 0.850 bits per heavy atom. The Balaban J connectivity index is 1.96. The zero-order valence-corrected chi connectivity index (χ0v) is 10.5. The molecule has 0 bridgehead atoms. The van der Waals surface area contributed by atoms with E-state index in [1.807, 2.05) is 24.3 Å². The van der Waals surface area contributed by atoms with E-state index in [-0.39, 0.29) is 13.2 Å². The molecule has 102 valence electrons. The van der Waals surface area contributed by atoms with Gasteiger partial charge in [-0.3, -0.25) is 0 Å². The van der Waals surface area contributed by atoms with Gasteiger partial charge in [0.2, 0.25) is 0 Å². The van der Waals surface area contributed by atoms with Crippen molar-refractivity contribution in [3.8, 4) is 11.4 Å². The first-order chi connectivity index (χ1) is 9.80. The second-order valence-corrected chi connectivity index (χ2v) is 4.14. The predicted molar refractivity (Wildman–Crippen MR) is 68.1 cm³/mol. The Labute approximate surface area is 113 Å². The fraction of sp³-hybridized carbons (Fsp3) is 0.167. The molecular weight excluding hydrogens is 260 g/mol. The fourth-order valence-corrected chi connectivity index (χ4v) is 1.77. The van der Waals surface area contributed by atoms with Gasteiger partial charge in [-0.15, -0.1) is 10.2 Å². The van der Waals surface area contributed by atoms with Crippen molar-refractivity contribution in [2.45, 2.75) is 13.2 Å². The van der Waals surface area contributed by atoms with Gasteiger partial charge in [-0.05, 0) is 18.2 Å². The molecule has 3 aromatic rings. The summed E-state index contributed by atoms with van der Waals surface area (Å²) in [5.74, 6) is 0. The van der Waals surface area contributed by atoms with E-state index in [0.717, 1.165) is 11.4 Å². The summed E-state index contributed by atoms with van der Waals surface area (Å²) in [6, 6.07) is 7.43. The number of hydrogen-bond acceptors (Lipinski definition) is 6. The van der Waals surface area contributed by atoms with E-state index in [4.69, 9.17) is 10.2 Å². The van der Waals surface area contributed by atoms with Gasteiger partial charge in [0.15, 0.2) is 0 Å². The van der Waals surface area contributed by atoms with Crippen molar-refractivity contribution >= 4 is 0 Å². The smallest absolute Gasteiger partial charge is 0.109 e. The Morgan fingerprint density at radius 3 is 1.75 bits per heavy atom. The molecule has 2 heterocycles. The van der Waals surface area contributed by atoms with E-state index >= 15 is 0 Å². The van der Waals surface area contributed by atoms with Crippen LogP contribution < -0.4 is 0 Å². The largest absolute Gasteiger partial charge is 0.390 e. The molecule has 3 rings (SSSR count). The van der Waals surface area contributed by atoms with Gasteiger partial charge in [-0.2, -0.15) is 0 Å². The predicted octanol–water partition coefficient (Wildman–Crippen LogP) is -0.167. The highest BCUT2D eigenvalue weighted by Gasteiger charge is 2.05.